The van der Waals surface area contributed by atoms with Gasteiger partial charge in [0, 0.05) is 43.2 Å². The summed E-state index contributed by atoms with van der Waals surface area (Å²) in [7, 11) is -3.86. The van der Waals surface area contributed by atoms with E-state index in [4.69, 9.17) is 0 Å². The lowest BCUT2D eigenvalue weighted by Gasteiger charge is -2.31. The van der Waals surface area contributed by atoms with Crippen molar-refractivity contribution < 1.29 is 17.2 Å². The summed E-state index contributed by atoms with van der Waals surface area (Å²) in [5.41, 5.74) is 1.66. The Morgan fingerprint density at radius 2 is 1.97 bits per heavy atom. The van der Waals surface area contributed by atoms with Crippen LogP contribution in [0.1, 0.15) is 31.2 Å². The highest BCUT2D eigenvalue weighted by molar-refractivity contribution is 7.89. The van der Waals surface area contributed by atoms with Crippen LogP contribution in [0.15, 0.2) is 29.3 Å². The third-order valence-electron chi connectivity index (χ3n) is 6.36. The van der Waals surface area contributed by atoms with Crippen LogP contribution in [-0.4, -0.2) is 64.9 Å². The number of piperazine rings is 1. The summed E-state index contributed by atoms with van der Waals surface area (Å²) in [6, 6.07) is 4.90. The van der Waals surface area contributed by atoms with Gasteiger partial charge in [0.1, 0.15) is 5.69 Å². The first-order valence-corrected chi connectivity index (χ1v) is 13.5. The number of aromatic nitrogens is 5. The molecule has 184 valence electrons. The fraction of sp³-hybridized carbons (Fsp3) is 0.429. The van der Waals surface area contributed by atoms with Crippen LogP contribution >= 0.6 is 11.3 Å². The normalized spacial score (nSPS) is 18.1. The minimum Gasteiger partial charge on any atom is -0.367 e. The second kappa shape index (κ2) is 8.11. The number of nitrogens with one attached hydrogen (secondary N) is 2. The molecule has 4 aromatic rings. The molecule has 14 heteroatoms. The van der Waals surface area contributed by atoms with E-state index in [0.29, 0.717) is 41.0 Å². The lowest BCUT2D eigenvalue weighted by Crippen LogP contribution is -2.43. The van der Waals surface area contributed by atoms with Crippen molar-refractivity contribution in [2.24, 2.45) is 0 Å². The van der Waals surface area contributed by atoms with Crippen LogP contribution in [0.5, 0.6) is 0 Å². The van der Waals surface area contributed by atoms with E-state index in [1.165, 1.54) is 6.07 Å². The highest BCUT2D eigenvalue weighted by Crippen LogP contribution is 2.40. The van der Waals surface area contributed by atoms with Crippen LogP contribution < -0.4 is 14.9 Å². The van der Waals surface area contributed by atoms with Crippen LogP contribution in [0.25, 0.3) is 27.3 Å². The van der Waals surface area contributed by atoms with Crippen molar-refractivity contribution in [2.45, 2.75) is 36.6 Å². The van der Waals surface area contributed by atoms with Crippen molar-refractivity contribution in [2.75, 3.05) is 31.1 Å². The summed E-state index contributed by atoms with van der Waals surface area (Å²) < 4.78 is 57.8. The van der Waals surface area contributed by atoms with Crippen LogP contribution in [0.3, 0.4) is 0 Å². The van der Waals surface area contributed by atoms with Gasteiger partial charge in [-0.25, -0.2) is 31.4 Å². The molecule has 0 amide bonds. The van der Waals surface area contributed by atoms with Gasteiger partial charge in [0.15, 0.2) is 15.7 Å². The maximum Gasteiger partial charge on any atom is 0.291 e. The monoisotopic (exact) mass is 520 g/mol. The molecule has 2 aliphatic rings. The van der Waals surface area contributed by atoms with Crippen molar-refractivity contribution in [1.82, 2.24) is 34.8 Å². The van der Waals surface area contributed by atoms with Gasteiger partial charge in [-0.15, -0.1) is 10.2 Å². The SMILES string of the molecule is CC1(NS(=O)(=O)c2cc(N3CCNCC3)c3c(c2)c(-c2nnc(C(F)F)s2)nc2ccnn23)CC1. The van der Waals surface area contributed by atoms with Gasteiger partial charge >= 0.3 is 0 Å². The van der Waals surface area contributed by atoms with E-state index in [0.717, 1.165) is 37.3 Å². The summed E-state index contributed by atoms with van der Waals surface area (Å²) >= 11 is 0.742. The molecular weight excluding hydrogens is 498 g/mol. The van der Waals surface area contributed by atoms with Gasteiger partial charge in [0.2, 0.25) is 10.0 Å². The van der Waals surface area contributed by atoms with E-state index in [2.05, 4.69) is 35.2 Å². The van der Waals surface area contributed by atoms with Crippen molar-refractivity contribution in [3.8, 4) is 10.7 Å². The first-order chi connectivity index (χ1) is 16.7. The molecule has 1 aliphatic heterocycles. The van der Waals surface area contributed by atoms with Gasteiger partial charge in [0.05, 0.1) is 22.3 Å². The zero-order chi connectivity index (χ0) is 24.4. The van der Waals surface area contributed by atoms with E-state index in [-0.39, 0.29) is 9.90 Å². The third-order valence-corrected chi connectivity index (χ3v) is 8.91. The lowest BCUT2D eigenvalue weighted by atomic mass is 10.1. The number of rotatable bonds is 6. The smallest absolute Gasteiger partial charge is 0.291 e. The van der Waals surface area contributed by atoms with Crippen LogP contribution in [-0.2, 0) is 10.0 Å². The topological polar surface area (TPSA) is 117 Å². The average molecular weight is 521 g/mol. The molecule has 1 aromatic carbocycles. The number of fused-ring (bicyclic) bond motifs is 3. The standard InChI is InChI=1S/C21H22F2N8O2S2/c1-21(3-4-21)29-35(32,33)12-10-13-16(19-27-28-20(34-19)18(22)23)26-15-2-5-25-31(15)17(13)14(11-12)30-8-6-24-7-9-30/h2,5,10-11,18,24,29H,3-4,6-9H2,1H3. The number of nitrogens with zero attached hydrogens (tertiary/aromatic N) is 6. The summed E-state index contributed by atoms with van der Waals surface area (Å²) in [5, 5.41) is 15.5. The van der Waals surface area contributed by atoms with Crippen LogP contribution in [0.2, 0.25) is 0 Å². The average Bonchev–Trinajstić information content (AvgIpc) is 3.22. The predicted octanol–water partition coefficient (Wildman–Crippen LogP) is 2.58. The number of halogens is 2. The van der Waals surface area contributed by atoms with Gasteiger partial charge in [0.25, 0.3) is 6.43 Å². The Morgan fingerprint density at radius 3 is 2.66 bits per heavy atom. The zero-order valence-electron chi connectivity index (χ0n) is 18.7. The molecule has 6 rings (SSSR count). The summed E-state index contributed by atoms with van der Waals surface area (Å²) in [5.74, 6) is 0. The van der Waals surface area contributed by atoms with E-state index in [1.54, 1.807) is 22.8 Å². The number of hydrogen-bond acceptors (Lipinski definition) is 9. The number of hydrogen-bond donors (Lipinski definition) is 2. The van der Waals surface area contributed by atoms with Gasteiger partial charge in [-0.1, -0.05) is 11.3 Å². The second-order valence-corrected chi connectivity index (χ2v) is 11.7. The Morgan fingerprint density at radius 1 is 1.20 bits per heavy atom. The molecule has 0 unspecified atom stereocenters. The summed E-state index contributed by atoms with van der Waals surface area (Å²) in [6.07, 6.45) is 0.374. The molecule has 3 aromatic heterocycles. The van der Waals surface area contributed by atoms with E-state index in [1.807, 2.05) is 6.92 Å². The molecule has 0 bridgehead atoms. The Hall–Kier alpha value is -2.81. The molecule has 0 radical (unpaired) electrons. The predicted molar refractivity (Wildman–Crippen MR) is 127 cm³/mol. The van der Waals surface area contributed by atoms with Gasteiger partial charge in [-0.2, -0.15) is 5.10 Å². The largest absolute Gasteiger partial charge is 0.367 e. The van der Waals surface area contributed by atoms with Crippen LogP contribution in [0, 0.1) is 0 Å². The maximum atomic E-state index is 13.4. The van der Waals surface area contributed by atoms with Crippen LogP contribution in [0.4, 0.5) is 14.5 Å². The Bertz CT molecular complexity index is 1540. The minimum absolute atomic E-state index is 0.0832. The van der Waals surface area contributed by atoms with Crippen molar-refractivity contribution in [3.05, 3.63) is 29.4 Å². The van der Waals surface area contributed by atoms with Gasteiger partial charge in [-0.05, 0) is 31.9 Å². The molecule has 0 spiro atoms. The Balaban J connectivity index is 1.65. The first kappa shape index (κ1) is 22.6. The minimum atomic E-state index is -3.86. The molecule has 1 saturated heterocycles. The summed E-state index contributed by atoms with van der Waals surface area (Å²) in [6.45, 7) is 4.68. The molecule has 35 heavy (non-hydrogen) atoms. The van der Waals surface area contributed by atoms with Crippen molar-refractivity contribution in [3.63, 3.8) is 0 Å². The van der Waals surface area contributed by atoms with E-state index < -0.39 is 27.0 Å². The van der Waals surface area contributed by atoms with Crippen molar-refractivity contribution in [1.29, 1.82) is 0 Å². The summed E-state index contributed by atoms with van der Waals surface area (Å²) in [4.78, 5) is 6.81. The van der Waals surface area contributed by atoms with Gasteiger partial charge < -0.3 is 10.2 Å². The molecule has 2 fully saturated rings. The van der Waals surface area contributed by atoms with Gasteiger partial charge in [-0.3, -0.25) is 0 Å². The quantitative estimate of drug-likeness (QED) is 0.399. The third kappa shape index (κ3) is 4.03. The van der Waals surface area contributed by atoms with E-state index in [9.17, 15) is 17.2 Å². The number of alkyl halides is 2. The fourth-order valence-corrected chi connectivity index (χ4v) is 6.49. The molecule has 1 saturated carbocycles. The Kier molecular flexibility index (Phi) is 5.25. The zero-order valence-corrected chi connectivity index (χ0v) is 20.3. The number of sulfonamides is 1. The lowest BCUT2D eigenvalue weighted by molar-refractivity contribution is 0.150. The molecule has 10 nitrogen and oxygen atoms in total. The first-order valence-electron chi connectivity index (χ1n) is 11.2. The maximum absolute atomic E-state index is 13.4. The van der Waals surface area contributed by atoms with E-state index >= 15 is 0 Å². The number of benzene rings is 1. The highest BCUT2D eigenvalue weighted by Gasteiger charge is 2.41. The Labute approximate surface area is 203 Å². The fourth-order valence-electron chi connectivity index (χ4n) is 4.28. The number of anilines is 1. The highest BCUT2D eigenvalue weighted by atomic mass is 32.2. The second-order valence-electron chi connectivity index (χ2n) is 9.05. The molecular formula is C21H22F2N8O2S2. The molecule has 1 aliphatic carbocycles. The molecule has 2 N–H and O–H groups in total. The molecule has 4 heterocycles. The molecule has 0 atom stereocenters. The van der Waals surface area contributed by atoms with Crippen molar-refractivity contribution >= 4 is 43.6 Å².